The molecule has 0 saturated carbocycles. The smallest absolute Gasteiger partial charge is 0.274 e. The van der Waals surface area contributed by atoms with Gasteiger partial charge in [0.05, 0.1) is 12.1 Å². The molecule has 0 aliphatic heterocycles. The van der Waals surface area contributed by atoms with Crippen LogP contribution in [0.15, 0.2) is 71.4 Å². The first-order valence-electron chi connectivity index (χ1n) is 10.3. The summed E-state index contributed by atoms with van der Waals surface area (Å²) in [6.07, 6.45) is 1.80. The first-order chi connectivity index (χ1) is 15.3. The van der Waals surface area contributed by atoms with Gasteiger partial charge in [-0.3, -0.25) is 14.6 Å². The number of benzene rings is 2. The van der Waals surface area contributed by atoms with Crippen LogP contribution >= 0.6 is 0 Å². The predicted octanol–water partition coefficient (Wildman–Crippen LogP) is 4.95. The topological polar surface area (TPSA) is 97.1 Å². The van der Waals surface area contributed by atoms with Crippen LogP contribution in [0, 0.1) is 0 Å². The van der Waals surface area contributed by atoms with E-state index in [0.717, 1.165) is 16.5 Å². The molecule has 0 fully saturated rings. The van der Waals surface area contributed by atoms with Crippen LogP contribution in [0.5, 0.6) is 0 Å². The van der Waals surface area contributed by atoms with Gasteiger partial charge < -0.3 is 15.2 Å². The Morgan fingerprint density at radius 1 is 0.906 bits per heavy atom. The molecule has 0 aliphatic rings. The molecule has 4 rings (SSSR count). The van der Waals surface area contributed by atoms with Gasteiger partial charge in [-0.15, -0.1) is 0 Å². The van der Waals surface area contributed by atoms with E-state index in [-0.39, 0.29) is 23.7 Å². The minimum atomic E-state index is -0.298. The van der Waals surface area contributed by atoms with Crippen molar-refractivity contribution in [3.05, 3.63) is 84.0 Å². The molecular weight excluding hydrogens is 404 g/mol. The molecule has 2 aromatic carbocycles. The van der Waals surface area contributed by atoms with Crippen LogP contribution in [0.2, 0.25) is 0 Å². The fraction of sp³-hybridized carbons (Fsp3) is 0.200. The average molecular weight is 428 g/mol. The summed E-state index contributed by atoms with van der Waals surface area (Å²) in [6.45, 7) is 6.06. The van der Waals surface area contributed by atoms with Gasteiger partial charge in [-0.25, -0.2) is 0 Å². The van der Waals surface area contributed by atoms with Gasteiger partial charge >= 0.3 is 0 Å². The summed E-state index contributed by atoms with van der Waals surface area (Å²) in [5, 5.41) is 11.5. The molecule has 2 amide bonds. The van der Waals surface area contributed by atoms with Crippen molar-refractivity contribution in [2.45, 2.75) is 32.6 Å². The third-order valence-corrected chi connectivity index (χ3v) is 4.93. The Balaban J connectivity index is 1.35. The fourth-order valence-corrected chi connectivity index (χ4v) is 3.16. The molecule has 0 spiro atoms. The second-order valence-electron chi connectivity index (χ2n) is 8.61. The van der Waals surface area contributed by atoms with Crippen molar-refractivity contribution in [3.8, 4) is 0 Å². The molecule has 32 heavy (non-hydrogen) atoms. The standard InChI is InChI=1S/C25H24N4O3/c1-25(2,3)22-13-20(29-32-22)14-23(30)27-18-8-10-19(11-9-18)28-24(31)21-12-16-6-4-5-7-17(16)15-26-21/h4-13,15H,14H2,1-3H3,(H,27,30)(H,28,31). The van der Waals surface area contributed by atoms with E-state index in [4.69, 9.17) is 4.52 Å². The molecule has 2 N–H and O–H groups in total. The molecule has 4 aromatic rings. The number of aromatic nitrogens is 2. The van der Waals surface area contributed by atoms with E-state index in [2.05, 4.69) is 20.8 Å². The zero-order valence-electron chi connectivity index (χ0n) is 18.2. The second-order valence-corrected chi connectivity index (χ2v) is 8.61. The number of carbonyl (C=O) groups is 2. The van der Waals surface area contributed by atoms with Crippen LogP contribution in [-0.4, -0.2) is 22.0 Å². The first kappa shape index (κ1) is 21.2. The van der Waals surface area contributed by atoms with Crippen LogP contribution < -0.4 is 10.6 Å². The van der Waals surface area contributed by atoms with Gasteiger partial charge in [0.15, 0.2) is 0 Å². The number of anilines is 2. The highest BCUT2D eigenvalue weighted by atomic mass is 16.5. The summed E-state index contributed by atoms with van der Waals surface area (Å²) >= 11 is 0. The number of nitrogens with zero attached hydrogens (tertiary/aromatic N) is 2. The van der Waals surface area contributed by atoms with Crippen molar-refractivity contribution in [1.82, 2.24) is 10.1 Å². The van der Waals surface area contributed by atoms with E-state index >= 15 is 0 Å². The largest absolute Gasteiger partial charge is 0.361 e. The highest BCUT2D eigenvalue weighted by Crippen LogP contribution is 2.23. The molecular formula is C25H24N4O3. The molecule has 0 bridgehead atoms. The molecule has 0 aliphatic carbocycles. The summed E-state index contributed by atoms with van der Waals surface area (Å²) < 4.78 is 5.32. The number of hydrogen-bond acceptors (Lipinski definition) is 5. The SMILES string of the molecule is CC(C)(C)c1cc(CC(=O)Nc2ccc(NC(=O)c3cc4ccccc4cn3)cc2)no1. The Hall–Kier alpha value is -4.00. The van der Waals surface area contributed by atoms with Gasteiger partial charge in [0.2, 0.25) is 5.91 Å². The van der Waals surface area contributed by atoms with Gasteiger partial charge in [-0.2, -0.15) is 0 Å². The van der Waals surface area contributed by atoms with E-state index in [1.807, 2.05) is 45.0 Å². The lowest BCUT2D eigenvalue weighted by molar-refractivity contribution is -0.115. The molecule has 0 atom stereocenters. The Kier molecular flexibility index (Phi) is 5.73. The summed E-state index contributed by atoms with van der Waals surface area (Å²) in [7, 11) is 0. The van der Waals surface area contributed by atoms with Crippen molar-refractivity contribution in [2.75, 3.05) is 10.6 Å². The number of carbonyl (C=O) groups excluding carboxylic acids is 2. The summed E-state index contributed by atoms with van der Waals surface area (Å²) in [4.78, 5) is 29.1. The summed E-state index contributed by atoms with van der Waals surface area (Å²) in [5.74, 6) is 0.241. The second kappa shape index (κ2) is 8.63. The molecule has 0 radical (unpaired) electrons. The Bertz CT molecular complexity index is 1270. The van der Waals surface area contributed by atoms with Crippen LogP contribution in [-0.2, 0) is 16.6 Å². The number of nitrogens with one attached hydrogen (secondary N) is 2. The predicted molar refractivity (Wildman–Crippen MR) is 124 cm³/mol. The summed E-state index contributed by atoms with van der Waals surface area (Å²) in [5.41, 5.74) is 1.98. The zero-order chi connectivity index (χ0) is 22.7. The van der Waals surface area contributed by atoms with E-state index in [1.165, 1.54) is 0 Å². The Morgan fingerprint density at radius 3 is 2.22 bits per heavy atom. The van der Waals surface area contributed by atoms with E-state index < -0.39 is 0 Å². The first-order valence-corrected chi connectivity index (χ1v) is 10.3. The van der Waals surface area contributed by atoms with Crippen LogP contribution in [0.4, 0.5) is 11.4 Å². The molecule has 162 valence electrons. The maximum absolute atomic E-state index is 12.5. The molecule has 7 heteroatoms. The number of amides is 2. The van der Waals surface area contributed by atoms with Gasteiger partial charge in [0.25, 0.3) is 5.91 Å². The summed E-state index contributed by atoms with van der Waals surface area (Å²) in [6, 6.07) is 18.2. The third kappa shape index (κ3) is 5.00. The van der Waals surface area contributed by atoms with E-state index in [9.17, 15) is 9.59 Å². The Labute approximate surface area is 185 Å². The molecule has 7 nitrogen and oxygen atoms in total. The van der Waals surface area contributed by atoms with Gasteiger partial charge in [0.1, 0.15) is 11.5 Å². The third-order valence-electron chi connectivity index (χ3n) is 4.93. The number of rotatable bonds is 5. The zero-order valence-corrected chi connectivity index (χ0v) is 18.2. The number of hydrogen-bond donors (Lipinski definition) is 2. The van der Waals surface area contributed by atoms with Crippen molar-refractivity contribution in [1.29, 1.82) is 0 Å². The van der Waals surface area contributed by atoms with Crippen molar-refractivity contribution < 1.29 is 14.1 Å². The molecule has 0 unspecified atom stereocenters. The van der Waals surface area contributed by atoms with Crippen LogP contribution in [0.3, 0.4) is 0 Å². The number of fused-ring (bicyclic) bond motifs is 1. The highest BCUT2D eigenvalue weighted by Gasteiger charge is 2.20. The minimum absolute atomic E-state index is 0.117. The van der Waals surface area contributed by atoms with Gasteiger partial charge in [-0.1, -0.05) is 50.2 Å². The monoisotopic (exact) mass is 428 g/mol. The Morgan fingerprint density at radius 2 is 1.56 bits per heavy atom. The van der Waals surface area contributed by atoms with Gasteiger partial charge in [0, 0.05) is 34.4 Å². The molecule has 0 saturated heterocycles. The lowest BCUT2D eigenvalue weighted by atomic mass is 9.93. The number of pyridine rings is 1. The molecule has 2 heterocycles. The van der Waals surface area contributed by atoms with Gasteiger partial charge in [-0.05, 0) is 35.7 Å². The van der Waals surface area contributed by atoms with Crippen LogP contribution in [0.25, 0.3) is 10.8 Å². The average Bonchev–Trinajstić information content (AvgIpc) is 3.23. The maximum Gasteiger partial charge on any atom is 0.274 e. The van der Waals surface area contributed by atoms with Crippen molar-refractivity contribution in [2.24, 2.45) is 0 Å². The minimum Gasteiger partial charge on any atom is -0.361 e. The highest BCUT2D eigenvalue weighted by molar-refractivity contribution is 6.05. The quantitative estimate of drug-likeness (QED) is 0.469. The lowest BCUT2D eigenvalue weighted by Gasteiger charge is -2.12. The maximum atomic E-state index is 12.5. The van der Waals surface area contributed by atoms with Crippen LogP contribution in [0.1, 0.15) is 42.7 Å². The van der Waals surface area contributed by atoms with E-state index in [0.29, 0.717) is 22.8 Å². The fourth-order valence-electron chi connectivity index (χ4n) is 3.16. The van der Waals surface area contributed by atoms with Crippen molar-refractivity contribution in [3.63, 3.8) is 0 Å². The van der Waals surface area contributed by atoms with E-state index in [1.54, 1.807) is 42.6 Å². The normalized spacial score (nSPS) is 11.3. The molecule has 2 aromatic heterocycles. The van der Waals surface area contributed by atoms with Crippen molar-refractivity contribution >= 4 is 34.0 Å². The lowest BCUT2D eigenvalue weighted by Crippen LogP contribution is -2.15.